The quantitative estimate of drug-likeness (QED) is 0.882. The molecule has 1 aliphatic heterocycles. The lowest BCUT2D eigenvalue weighted by atomic mass is 10.2. The predicted molar refractivity (Wildman–Crippen MR) is 62.3 cm³/mol. The molecule has 0 saturated carbocycles. The van der Waals surface area contributed by atoms with Crippen molar-refractivity contribution in [1.29, 1.82) is 0 Å². The molecule has 4 nitrogen and oxygen atoms in total. The fraction of sp³-hybridized carbons (Fsp3) is 0.455. The average molecular weight is 258 g/mol. The van der Waals surface area contributed by atoms with Crippen molar-refractivity contribution in [2.45, 2.75) is 24.3 Å². The summed E-state index contributed by atoms with van der Waals surface area (Å²) in [5.41, 5.74) is 6.05. The number of sulfonamides is 1. The third kappa shape index (κ3) is 2.34. The van der Waals surface area contributed by atoms with Crippen molar-refractivity contribution in [2.24, 2.45) is 5.73 Å². The van der Waals surface area contributed by atoms with Gasteiger partial charge in [0.1, 0.15) is 10.7 Å². The van der Waals surface area contributed by atoms with E-state index in [-0.39, 0.29) is 11.4 Å². The molecule has 0 atom stereocenters. The van der Waals surface area contributed by atoms with Crippen LogP contribution < -0.4 is 5.73 Å². The number of rotatable bonds is 3. The standard InChI is InChI=1S/C11H15FN2O2S/c12-10-4-3-9(8-13)7-11(10)17(15,16)14-5-1-2-6-14/h3-4,7H,1-2,5-6,8,13H2. The lowest BCUT2D eigenvalue weighted by Gasteiger charge is -2.16. The lowest BCUT2D eigenvalue weighted by molar-refractivity contribution is 0.469. The summed E-state index contributed by atoms with van der Waals surface area (Å²) in [5, 5.41) is 0. The van der Waals surface area contributed by atoms with E-state index in [1.807, 2.05) is 0 Å². The fourth-order valence-corrected chi connectivity index (χ4v) is 3.57. The Hall–Kier alpha value is -0.980. The highest BCUT2D eigenvalue weighted by atomic mass is 32.2. The van der Waals surface area contributed by atoms with Crippen LogP contribution in [0.3, 0.4) is 0 Å². The molecule has 1 heterocycles. The molecule has 0 spiro atoms. The van der Waals surface area contributed by atoms with Gasteiger partial charge in [-0.3, -0.25) is 0 Å². The summed E-state index contributed by atoms with van der Waals surface area (Å²) < 4.78 is 39.3. The third-order valence-corrected chi connectivity index (χ3v) is 4.83. The monoisotopic (exact) mass is 258 g/mol. The molecule has 0 unspecified atom stereocenters. The number of halogens is 1. The van der Waals surface area contributed by atoms with Gasteiger partial charge in [-0.2, -0.15) is 4.31 Å². The lowest BCUT2D eigenvalue weighted by Crippen LogP contribution is -2.28. The van der Waals surface area contributed by atoms with Crippen LogP contribution in [0.25, 0.3) is 0 Å². The zero-order valence-corrected chi connectivity index (χ0v) is 10.2. The second kappa shape index (κ2) is 4.72. The highest BCUT2D eigenvalue weighted by Crippen LogP contribution is 2.23. The summed E-state index contributed by atoms with van der Waals surface area (Å²) in [6.45, 7) is 1.13. The van der Waals surface area contributed by atoms with Crippen LogP contribution in [-0.4, -0.2) is 25.8 Å². The van der Waals surface area contributed by atoms with Crippen LogP contribution in [0.15, 0.2) is 23.1 Å². The Balaban J connectivity index is 2.44. The first-order valence-electron chi connectivity index (χ1n) is 5.54. The smallest absolute Gasteiger partial charge is 0.245 e. The maximum atomic E-state index is 13.6. The average Bonchev–Trinajstić information content (AvgIpc) is 2.83. The van der Waals surface area contributed by atoms with E-state index in [1.165, 1.54) is 16.4 Å². The highest BCUT2D eigenvalue weighted by Gasteiger charge is 2.29. The van der Waals surface area contributed by atoms with E-state index in [0.717, 1.165) is 18.9 Å². The van der Waals surface area contributed by atoms with E-state index in [1.54, 1.807) is 0 Å². The molecule has 0 radical (unpaired) electrons. The van der Waals surface area contributed by atoms with Crippen molar-refractivity contribution >= 4 is 10.0 Å². The van der Waals surface area contributed by atoms with E-state index in [4.69, 9.17) is 5.73 Å². The van der Waals surface area contributed by atoms with Crippen LogP contribution in [0.2, 0.25) is 0 Å². The van der Waals surface area contributed by atoms with Crippen molar-refractivity contribution in [3.05, 3.63) is 29.6 Å². The summed E-state index contributed by atoms with van der Waals surface area (Å²) >= 11 is 0. The third-order valence-electron chi connectivity index (χ3n) is 2.91. The number of nitrogens with two attached hydrogens (primary N) is 1. The van der Waals surface area contributed by atoms with Crippen molar-refractivity contribution < 1.29 is 12.8 Å². The van der Waals surface area contributed by atoms with Gasteiger partial charge in [0, 0.05) is 19.6 Å². The Morgan fingerprint density at radius 1 is 1.29 bits per heavy atom. The molecule has 1 saturated heterocycles. The maximum absolute atomic E-state index is 13.6. The number of hydrogen-bond donors (Lipinski definition) is 1. The molecule has 2 rings (SSSR count). The summed E-state index contributed by atoms with van der Waals surface area (Å²) in [6, 6.07) is 3.98. The van der Waals surface area contributed by atoms with Crippen LogP contribution in [-0.2, 0) is 16.6 Å². The van der Waals surface area contributed by atoms with Crippen LogP contribution in [0.4, 0.5) is 4.39 Å². The van der Waals surface area contributed by atoms with Gasteiger partial charge in [-0.05, 0) is 30.5 Å². The number of benzene rings is 1. The predicted octanol–water partition coefficient (Wildman–Crippen LogP) is 1.07. The van der Waals surface area contributed by atoms with Crippen molar-refractivity contribution in [3.63, 3.8) is 0 Å². The van der Waals surface area contributed by atoms with Crippen LogP contribution >= 0.6 is 0 Å². The molecule has 1 aromatic rings. The van der Waals surface area contributed by atoms with Crippen molar-refractivity contribution in [1.82, 2.24) is 4.31 Å². The van der Waals surface area contributed by atoms with E-state index >= 15 is 0 Å². The fourth-order valence-electron chi connectivity index (χ4n) is 1.94. The molecule has 6 heteroatoms. The van der Waals surface area contributed by atoms with E-state index < -0.39 is 15.8 Å². The molecule has 1 fully saturated rings. The first-order chi connectivity index (χ1) is 8.05. The minimum Gasteiger partial charge on any atom is -0.326 e. The Morgan fingerprint density at radius 3 is 2.53 bits per heavy atom. The second-order valence-electron chi connectivity index (χ2n) is 4.08. The summed E-state index contributed by atoms with van der Waals surface area (Å²) in [4.78, 5) is -0.262. The molecule has 0 amide bonds. The van der Waals surface area contributed by atoms with Gasteiger partial charge < -0.3 is 5.73 Å². The zero-order valence-electron chi connectivity index (χ0n) is 9.39. The highest BCUT2D eigenvalue weighted by molar-refractivity contribution is 7.89. The molecule has 0 aromatic heterocycles. The minimum atomic E-state index is -3.70. The van der Waals surface area contributed by atoms with E-state index in [0.29, 0.717) is 18.7 Å². The first kappa shape index (κ1) is 12.5. The van der Waals surface area contributed by atoms with Crippen molar-refractivity contribution in [2.75, 3.05) is 13.1 Å². The SMILES string of the molecule is NCc1ccc(F)c(S(=O)(=O)N2CCCC2)c1. The zero-order chi connectivity index (χ0) is 12.5. The molecule has 0 bridgehead atoms. The van der Waals surface area contributed by atoms with Gasteiger partial charge in [-0.25, -0.2) is 12.8 Å². The van der Waals surface area contributed by atoms with Crippen LogP contribution in [0, 0.1) is 5.82 Å². The van der Waals surface area contributed by atoms with Gasteiger partial charge in [0.15, 0.2) is 0 Å². The molecular weight excluding hydrogens is 243 g/mol. The Morgan fingerprint density at radius 2 is 1.94 bits per heavy atom. The second-order valence-corrected chi connectivity index (χ2v) is 5.99. The summed E-state index contributed by atoms with van der Waals surface area (Å²) in [5.74, 6) is -0.714. The van der Waals surface area contributed by atoms with Gasteiger partial charge in [0.2, 0.25) is 10.0 Å². The minimum absolute atomic E-state index is 0.197. The Bertz CT molecular complexity index is 510. The molecule has 2 N–H and O–H groups in total. The Kier molecular flexibility index (Phi) is 3.46. The molecule has 17 heavy (non-hydrogen) atoms. The summed E-state index contributed by atoms with van der Waals surface area (Å²) in [7, 11) is -3.70. The van der Waals surface area contributed by atoms with Gasteiger partial charge in [-0.15, -0.1) is 0 Å². The normalized spacial score (nSPS) is 17.5. The topological polar surface area (TPSA) is 63.4 Å². The molecule has 0 aliphatic carbocycles. The molecule has 1 aliphatic rings. The van der Waals surface area contributed by atoms with E-state index in [2.05, 4.69) is 0 Å². The van der Waals surface area contributed by atoms with E-state index in [9.17, 15) is 12.8 Å². The van der Waals surface area contributed by atoms with Crippen LogP contribution in [0.1, 0.15) is 18.4 Å². The molecule has 1 aromatic carbocycles. The largest absolute Gasteiger partial charge is 0.326 e. The first-order valence-corrected chi connectivity index (χ1v) is 6.98. The maximum Gasteiger partial charge on any atom is 0.245 e. The van der Waals surface area contributed by atoms with Crippen molar-refractivity contribution in [3.8, 4) is 0 Å². The van der Waals surface area contributed by atoms with Gasteiger partial charge in [0.05, 0.1) is 0 Å². The molecular formula is C11H15FN2O2S. The number of nitrogens with zero attached hydrogens (tertiary/aromatic N) is 1. The van der Waals surface area contributed by atoms with Crippen LogP contribution in [0.5, 0.6) is 0 Å². The number of hydrogen-bond acceptors (Lipinski definition) is 3. The van der Waals surface area contributed by atoms with Gasteiger partial charge >= 0.3 is 0 Å². The van der Waals surface area contributed by atoms with Gasteiger partial charge in [-0.1, -0.05) is 6.07 Å². The summed E-state index contributed by atoms with van der Waals surface area (Å²) in [6.07, 6.45) is 1.66. The Labute approximate surface area is 100 Å². The molecule has 94 valence electrons. The van der Waals surface area contributed by atoms with Gasteiger partial charge in [0.25, 0.3) is 0 Å².